The summed E-state index contributed by atoms with van der Waals surface area (Å²) in [5.74, 6) is 1.66. The maximum absolute atomic E-state index is 12.8. The molecular formula is C26H25N3O3. The maximum atomic E-state index is 12.8. The molecule has 0 unspecified atom stereocenters. The van der Waals surface area contributed by atoms with Crippen molar-refractivity contribution in [2.45, 2.75) is 20.4 Å². The van der Waals surface area contributed by atoms with Crippen molar-refractivity contribution in [3.05, 3.63) is 89.5 Å². The molecule has 0 aliphatic carbocycles. The number of ether oxygens (including phenoxy) is 1. The number of carbonyl (C=O) groups is 1. The number of rotatable bonds is 7. The minimum atomic E-state index is -0.0589. The highest BCUT2D eigenvalue weighted by Gasteiger charge is 2.15. The summed E-state index contributed by atoms with van der Waals surface area (Å²) in [6, 6.07) is 22.9. The summed E-state index contributed by atoms with van der Waals surface area (Å²) in [6.07, 6.45) is 0. The first-order valence-electron chi connectivity index (χ1n) is 10.5. The Labute approximate surface area is 187 Å². The summed E-state index contributed by atoms with van der Waals surface area (Å²) in [7, 11) is 1.79. The molecule has 162 valence electrons. The van der Waals surface area contributed by atoms with Gasteiger partial charge in [-0.25, -0.2) is 0 Å². The molecule has 0 aliphatic rings. The zero-order chi connectivity index (χ0) is 22.5. The molecular weight excluding hydrogens is 402 g/mol. The minimum Gasteiger partial charge on any atom is -0.494 e. The van der Waals surface area contributed by atoms with Crippen molar-refractivity contribution in [2.24, 2.45) is 0 Å². The minimum absolute atomic E-state index is 0.0589. The molecule has 0 saturated carbocycles. The Bertz CT molecular complexity index is 1200. The maximum Gasteiger partial charge on any atom is 0.253 e. The Morgan fingerprint density at radius 2 is 1.62 bits per heavy atom. The lowest BCUT2D eigenvalue weighted by atomic mass is 10.1. The van der Waals surface area contributed by atoms with Crippen LogP contribution in [-0.4, -0.2) is 34.7 Å². The van der Waals surface area contributed by atoms with E-state index in [-0.39, 0.29) is 5.91 Å². The van der Waals surface area contributed by atoms with Gasteiger partial charge in [-0.3, -0.25) is 4.79 Å². The van der Waals surface area contributed by atoms with Crippen LogP contribution in [0.4, 0.5) is 0 Å². The monoisotopic (exact) mass is 427 g/mol. The van der Waals surface area contributed by atoms with Crippen molar-refractivity contribution in [3.63, 3.8) is 0 Å². The van der Waals surface area contributed by atoms with Crippen molar-refractivity contribution < 1.29 is 13.9 Å². The van der Waals surface area contributed by atoms with E-state index in [1.807, 2.05) is 74.5 Å². The van der Waals surface area contributed by atoms with Gasteiger partial charge in [0.15, 0.2) is 0 Å². The molecule has 1 amide bonds. The number of carbonyl (C=O) groups excluding carboxylic acids is 1. The van der Waals surface area contributed by atoms with Crippen LogP contribution < -0.4 is 4.74 Å². The molecule has 0 atom stereocenters. The number of amides is 1. The van der Waals surface area contributed by atoms with Gasteiger partial charge in [-0.1, -0.05) is 29.8 Å². The van der Waals surface area contributed by atoms with E-state index >= 15 is 0 Å². The molecule has 4 rings (SSSR count). The van der Waals surface area contributed by atoms with Gasteiger partial charge in [0.1, 0.15) is 5.75 Å². The van der Waals surface area contributed by atoms with E-state index < -0.39 is 0 Å². The summed E-state index contributed by atoms with van der Waals surface area (Å²) in [6.45, 7) is 5.11. The smallest absolute Gasteiger partial charge is 0.253 e. The predicted octanol–water partition coefficient (Wildman–Crippen LogP) is 5.38. The highest BCUT2D eigenvalue weighted by molar-refractivity contribution is 5.94. The third-order valence-electron chi connectivity index (χ3n) is 5.07. The van der Waals surface area contributed by atoms with Gasteiger partial charge in [-0.15, -0.1) is 10.2 Å². The molecule has 3 aromatic carbocycles. The first-order chi connectivity index (χ1) is 15.5. The van der Waals surface area contributed by atoms with Crippen LogP contribution >= 0.6 is 0 Å². The topological polar surface area (TPSA) is 68.5 Å². The summed E-state index contributed by atoms with van der Waals surface area (Å²) >= 11 is 0. The molecule has 1 heterocycles. The third kappa shape index (κ3) is 4.86. The summed E-state index contributed by atoms with van der Waals surface area (Å²) < 4.78 is 11.3. The van der Waals surface area contributed by atoms with Crippen LogP contribution in [0.2, 0.25) is 0 Å². The van der Waals surface area contributed by atoms with Gasteiger partial charge in [0.2, 0.25) is 11.8 Å². The van der Waals surface area contributed by atoms with E-state index in [0.717, 1.165) is 28.0 Å². The zero-order valence-electron chi connectivity index (χ0n) is 18.4. The standard InChI is InChI=1S/C26H25N3O3/c1-4-31-23-14-8-19(9-15-23)17-29(3)26(30)21-12-10-20(11-13-21)24-27-28-25(32-24)22-7-5-6-18(2)16-22/h5-16H,4,17H2,1-3H3. The number of hydrogen-bond acceptors (Lipinski definition) is 5. The second-order valence-corrected chi connectivity index (χ2v) is 7.60. The molecule has 0 bridgehead atoms. The molecule has 0 aliphatic heterocycles. The fraction of sp³-hybridized carbons (Fsp3) is 0.192. The second-order valence-electron chi connectivity index (χ2n) is 7.60. The molecule has 6 nitrogen and oxygen atoms in total. The Hall–Kier alpha value is -3.93. The van der Waals surface area contributed by atoms with E-state index in [1.165, 1.54) is 0 Å². The first-order valence-corrected chi connectivity index (χ1v) is 10.5. The van der Waals surface area contributed by atoms with Crippen molar-refractivity contribution in [2.75, 3.05) is 13.7 Å². The Balaban J connectivity index is 1.43. The van der Waals surface area contributed by atoms with Crippen molar-refractivity contribution in [3.8, 4) is 28.7 Å². The molecule has 4 aromatic rings. The van der Waals surface area contributed by atoms with E-state index in [0.29, 0.717) is 30.5 Å². The van der Waals surface area contributed by atoms with E-state index in [9.17, 15) is 4.79 Å². The van der Waals surface area contributed by atoms with Crippen molar-refractivity contribution in [1.29, 1.82) is 0 Å². The van der Waals surface area contributed by atoms with Crippen LogP contribution in [0.3, 0.4) is 0 Å². The van der Waals surface area contributed by atoms with E-state index in [4.69, 9.17) is 9.15 Å². The number of aromatic nitrogens is 2. The van der Waals surface area contributed by atoms with Gasteiger partial charge in [0.25, 0.3) is 5.91 Å². The van der Waals surface area contributed by atoms with Gasteiger partial charge in [0, 0.05) is 30.3 Å². The van der Waals surface area contributed by atoms with Crippen molar-refractivity contribution >= 4 is 5.91 Å². The summed E-state index contributed by atoms with van der Waals surface area (Å²) in [5.41, 5.74) is 4.41. The van der Waals surface area contributed by atoms with Crippen LogP contribution in [0.5, 0.6) is 5.75 Å². The lowest BCUT2D eigenvalue weighted by Gasteiger charge is -2.17. The molecule has 0 N–H and O–H groups in total. The average Bonchev–Trinajstić information content (AvgIpc) is 3.31. The quantitative estimate of drug-likeness (QED) is 0.396. The highest BCUT2D eigenvalue weighted by Crippen LogP contribution is 2.25. The molecule has 0 fully saturated rings. The number of benzene rings is 3. The Morgan fingerprint density at radius 1 is 0.938 bits per heavy atom. The lowest BCUT2D eigenvalue weighted by Crippen LogP contribution is -2.26. The average molecular weight is 428 g/mol. The fourth-order valence-corrected chi connectivity index (χ4v) is 3.41. The number of nitrogens with zero attached hydrogens (tertiary/aromatic N) is 3. The SMILES string of the molecule is CCOc1ccc(CN(C)C(=O)c2ccc(-c3nnc(-c4cccc(C)c4)o3)cc2)cc1. The molecule has 0 saturated heterocycles. The summed E-state index contributed by atoms with van der Waals surface area (Å²) in [4.78, 5) is 14.5. The van der Waals surface area contributed by atoms with Gasteiger partial charge >= 0.3 is 0 Å². The first kappa shape index (κ1) is 21.3. The Kier molecular flexibility index (Phi) is 6.31. The largest absolute Gasteiger partial charge is 0.494 e. The van der Waals surface area contributed by atoms with Gasteiger partial charge in [0.05, 0.1) is 6.61 Å². The van der Waals surface area contributed by atoms with Crippen LogP contribution in [0.15, 0.2) is 77.2 Å². The fourth-order valence-electron chi connectivity index (χ4n) is 3.41. The lowest BCUT2D eigenvalue weighted by molar-refractivity contribution is 0.0785. The normalized spacial score (nSPS) is 10.7. The predicted molar refractivity (Wildman–Crippen MR) is 123 cm³/mol. The van der Waals surface area contributed by atoms with Crippen molar-refractivity contribution in [1.82, 2.24) is 15.1 Å². The molecule has 0 radical (unpaired) electrons. The van der Waals surface area contributed by atoms with Gasteiger partial charge < -0.3 is 14.1 Å². The molecule has 6 heteroatoms. The summed E-state index contributed by atoms with van der Waals surface area (Å²) in [5, 5.41) is 8.31. The van der Waals surface area contributed by atoms with E-state index in [1.54, 1.807) is 24.1 Å². The molecule has 0 spiro atoms. The van der Waals surface area contributed by atoms with Crippen LogP contribution in [-0.2, 0) is 6.54 Å². The third-order valence-corrected chi connectivity index (χ3v) is 5.07. The molecule has 1 aromatic heterocycles. The number of aryl methyl sites for hydroxylation is 1. The van der Waals surface area contributed by atoms with Gasteiger partial charge in [-0.2, -0.15) is 0 Å². The van der Waals surface area contributed by atoms with Crippen LogP contribution in [0.25, 0.3) is 22.9 Å². The zero-order valence-corrected chi connectivity index (χ0v) is 18.4. The van der Waals surface area contributed by atoms with Crippen LogP contribution in [0.1, 0.15) is 28.4 Å². The second kappa shape index (κ2) is 9.47. The van der Waals surface area contributed by atoms with Gasteiger partial charge in [-0.05, 0) is 67.9 Å². The number of hydrogen-bond donors (Lipinski definition) is 0. The molecule has 32 heavy (non-hydrogen) atoms. The van der Waals surface area contributed by atoms with Crippen LogP contribution in [0, 0.1) is 6.92 Å². The highest BCUT2D eigenvalue weighted by atomic mass is 16.5. The Morgan fingerprint density at radius 3 is 2.28 bits per heavy atom. The van der Waals surface area contributed by atoms with E-state index in [2.05, 4.69) is 10.2 Å².